The fourth-order valence-corrected chi connectivity index (χ4v) is 2.64. The first-order valence-electron chi connectivity index (χ1n) is 8.08. The van der Waals surface area contributed by atoms with Gasteiger partial charge in [-0.15, -0.1) is 0 Å². The standard InChI is InChI=1S/C19H19F4NO4/c1-10-5-15(26-3)16(27-4)6-11(10)9-24(2)18(25)17-13(20)7-12(8-14(17)21)28-19(22)23/h5-8,19H,9H2,1-4H3. The Labute approximate surface area is 159 Å². The van der Waals surface area contributed by atoms with Crippen LogP contribution >= 0.6 is 0 Å². The summed E-state index contributed by atoms with van der Waals surface area (Å²) in [6.45, 7) is -1.43. The molecule has 2 aromatic carbocycles. The molecule has 0 atom stereocenters. The molecule has 0 radical (unpaired) electrons. The van der Waals surface area contributed by atoms with Crippen molar-refractivity contribution in [1.29, 1.82) is 0 Å². The maximum atomic E-state index is 14.2. The number of ether oxygens (including phenoxy) is 3. The Morgan fingerprint density at radius 1 is 1.04 bits per heavy atom. The van der Waals surface area contributed by atoms with Gasteiger partial charge in [-0.2, -0.15) is 8.78 Å². The third-order valence-corrected chi connectivity index (χ3v) is 4.05. The van der Waals surface area contributed by atoms with Crippen LogP contribution in [0.4, 0.5) is 17.6 Å². The van der Waals surface area contributed by atoms with Crippen molar-refractivity contribution in [2.24, 2.45) is 0 Å². The fourth-order valence-electron chi connectivity index (χ4n) is 2.64. The largest absolute Gasteiger partial charge is 0.493 e. The van der Waals surface area contributed by atoms with Crippen molar-refractivity contribution in [2.45, 2.75) is 20.1 Å². The summed E-state index contributed by atoms with van der Waals surface area (Å²) in [7, 11) is 4.31. The van der Waals surface area contributed by atoms with Crippen LogP contribution < -0.4 is 14.2 Å². The number of benzene rings is 2. The molecule has 0 aliphatic rings. The molecule has 0 heterocycles. The van der Waals surface area contributed by atoms with E-state index in [1.54, 1.807) is 19.1 Å². The van der Waals surface area contributed by atoms with Crippen LogP contribution in [-0.4, -0.2) is 38.7 Å². The number of nitrogens with zero attached hydrogens (tertiary/aromatic N) is 1. The van der Waals surface area contributed by atoms with E-state index >= 15 is 0 Å². The van der Waals surface area contributed by atoms with Crippen LogP contribution in [0.1, 0.15) is 21.5 Å². The molecule has 0 saturated heterocycles. The molecule has 0 unspecified atom stereocenters. The highest BCUT2D eigenvalue weighted by Crippen LogP contribution is 2.31. The van der Waals surface area contributed by atoms with Crippen LogP contribution in [0.15, 0.2) is 24.3 Å². The van der Waals surface area contributed by atoms with Gasteiger partial charge < -0.3 is 19.1 Å². The van der Waals surface area contributed by atoms with E-state index in [4.69, 9.17) is 9.47 Å². The van der Waals surface area contributed by atoms with Crippen molar-refractivity contribution in [2.75, 3.05) is 21.3 Å². The molecule has 0 aromatic heterocycles. The van der Waals surface area contributed by atoms with Gasteiger partial charge in [0.1, 0.15) is 22.9 Å². The van der Waals surface area contributed by atoms with Gasteiger partial charge >= 0.3 is 6.61 Å². The zero-order valence-electron chi connectivity index (χ0n) is 15.7. The van der Waals surface area contributed by atoms with Gasteiger partial charge in [-0.05, 0) is 30.2 Å². The normalized spacial score (nSPS) is 10.8. The van der Waals surface area contributed by atoms with Crippen molar-refractivity contribution in [3.05, 3.63) is 52.6 Å². The molecule has 0 N–H and O–H groups in total. The topological polar surface area (TPSA) is 48.0 Å². The Hall–Kier alpha value is -2.97. The number of rotatable bonds is 7. The zero-order valence-corrected chi connectivity index (χ0v) is 15.7. The number of halogens is 4. The molecule has 1 amide bonds. The van der Waals surface area contributed by atoms with Crippen LogP contribution in [0.25, 0.3) is 0 Å². The monoisotopic (exact) mass is 401 g/mol. The molecule has 5 nitrogen and oxygen atoms in total. The lowest BCUT2D eigenvalue weighted by molar-refractivity contribution is -0.0501. The van der Waals surface area contributed by atoms with Crippen LogP contribution in [0.5, 0.6) is 17.2 Å². The first kappa shape index (κ1) is 21.3. The number of hydrogen-bond donors (Lipinski definition) is 0. The first-order chi connectivity index (χ1) is 13.2. The summed E-state index contributed by atoms with van der Waals surface area (Å²) in [5, 5.41) is 0. The number of alkyl halides is 2. The number of carbonyl (C=O) groups excluding carboxylic acids is 1. The minimum atomic E-state index is -3.24. The van der Waals surface area contributed by atoms with Gasteiger partial charge in [0.25, 0.3) is 5.91 Å². The summed E-state index contributed by atoms with van der Waals surface area (Å²) in [6.07, 6.45) is 0. The van der Waals surface area contributed by atoms with Crippen molar-refractivity contribution in [3.63, 3.8) is 0 Å². The molecule has 0 aliphatic heterocycles. The third-order valence-electron chi connectivity index (χ3n) is 4.05. The predicted molar refractivity (Wildman–Crippen MR) is 93.1 cm³/mol. The Morgan fingerprint density at radius 2 is 1.57 bits per heavy atom. The van der Waals surface area contributed by atoms with Gasteiger partial charge in [0.2, 0.25) is 0 Å². The lowest BCUT2D eigenvalue weighted by atomic mass is 10.1. The van der Waals surface area contributed by atoms with Crippen LogP contribution in [0, 0.1) is 18.6 Å². The Morgan fingerprint density at radius 3 is 2.07 bits per heavy atom. The molecular weight excluding hydrogens is 382 g/mol. The Kier molecular flexibility index (Phi) is 6.71. The van der Waals surface area contributed by atoms with Crippen LogP contribution in [0.3, 0.4) is 0 Å². The predicted octanol–water partition coefficient (Wildman–Crippen LogP) is 4.16. The number of methoxy groups -OCH3 is 2. The lowest BCUT2D eigenvalue weighted by Gasteiger charge is -2.21. The summed E-state index contributed by atoms with van der Waals surface area (Å²) in [5.41, 5.74) is 0.591. The molecule has 28 heavy (non-hydrogen) atoms. The smallest absolute Gasteiger partial charge is 0.387 e. The highest BCUT2D eigenvalue weighted by atomic mass is 19.3. The summed E-state index contributed by atoms with van der Waals surface area (Å²) in [6, 6.07) is 4.45. The maximum Gasteiger partial charge on any atom is 0.387 e. The number of amides is 1. The molecule has 0 spiro atoms. The van der Waals surface area contributed by atoms with Gasteiger partial charge in [-0.3, -0.25) is 4.79 Å². The van der Waals surface area contributed by atoms with Crippen molar-refractivity contribution >= 4 is 5.91 Å². The van der Waals surface area contributed by atoms with E-state index < -0.39 is 35.5 Å². The summed E-state index contributed by atoms with van der Waals surface area (Å²) in [4.78, 5) is 13.6. The second-order valence-corrected chi connectivity index (χ2v) is 5.94. The Bertz CT molecular complexity index is 850. The molecule has 152 valence electrons. The van der Waals surface area contributed by atoms with Gasteiger partial charge in [-0.25, -0.2) is 8.78 Å². The van der Waals surface area contributed by atoms with E-state index in [0.717, 1.165) is 10.5 Å². The van der Waals surface area contributed by atoms with Crippen LogP contribution in [-0.2, 0) is 6.54 Å². The molecule has 2 aromatic rings. The summed E-state index contributed by atoms with van der Waals surface area (Å²) >= 11 is 0. The number of hydrogen-bond acceptors (Lipinski definition) is 4. The SMILES string of the molecule is COc1cc(C)c(CN(C)C(=O)c2c(F)cc(OC(F)F)cc2F)cc1OC. The first-order valence-corrected chi connectivity index (χ1v) is 8.08. The zero-order chi connectivity index (χ0) is 21.0. The number of aryl methyl sites for hydroxylation is 1. The highest BCUT2D eigenvalue weighted by Gasteiger charge is 2.24. The van der Waals surface area contributed by atoms with Crippen molar-refractivity contribution in [3.8, 4) is 17.2 Å². The molecule has 0 aliphatic carbocycles. The second kappa shape index (κ2) is 8.81. The maximum absolute atomic E-state index is 14.2. The third kappa shape index (κ3) is 4.65. The molecule has 9 heteroatoms. The average Bonchev–Trinajstić information content (AvgIpc) is 2.61. The van der Waals surface area contributed by atoms with E-state index in [2.05, 4.69) is 4.74 Å². The molecule has 0 saturated carbocycles. The minimum Gasteiger partial charge on any atom is -0.493 e. The minimum absolute atomic E-state index is 0.0270. The molecule has 2 rings (SSSR count). The molecular formula is C19H19F4NO4. The van der Waals surface area contributed by atoms with E-state index in [0.29, 0.717) is 29.2 Å². The van der Waals surface area contributed by atoms with E-state index in [1.165, 1.54) is 21.3 Å². The quantitative estimate of drug-likeness (QED) is 0.654. The fraction of sp³-hybridized carbons (Fsp3) is 0.316. The lowest BCUT2D eigenvalue weighted by Crippen LogP contribution is -2.28. The summed E-state index contributed by atoms with van der Waals surface area (Å²) in [5.74, 6) is -3.31. The van der Waals surface area contributed by atoms with Gasteiger partial charge in [0, 0.05) is 25.7 Å². The van der Waals surface area contributed by atoms with Crippen LogP contribution in [0.2, 0.25) is 0 Å². The van der Waals surface area contributed by atoms with Gasteiger partial charge in [0.05, 0.1) is 14.2 Å². The molecule has 0 fully saturated rings. The van der Waals surface area contributed by atoms with E-state index in [-0.39, 0.29) is 6.54 Å². The Balaban J connectivity index is 2.28. The van der Waals surface area contributed by atoms with Gasteiger partial charge in [-0.1, -0.05) is 0 Å². The summed E-state index contributed by atoms with van der Waals surface area (Å²) < 4.78 is 67.1. The highest BCUT2D eigenvalue weighted by molar-refractivity contribution is 5.94. The number of carbonyl (C=O) groups is 1. The van der Waals surface area contributed by atoms with E-state index in [9.17, 15) is 22.4 Å². The van der Waals surface area contributed by atoms with Crippen molar-refractivity contribution in [1.82, 2.24) is 4.90 Å². The van der Waals surface area contributed by atoms with E-state index in [1.807, 2.05) is 0 Å². The van der Waals surface area contributed by atoms with Gasteiger partial charge in [0.15, 0.2) is 11.5 Å². The molecule has 0 bridgehead atoms. The average molecular weight is 401 g/mol. The second-order valence-electron chi connectivity index (χ2n) is 5.94. The van der Waals surface area contributed by atoms with Crippen molar-refractivity contribution < 1.29 is 36.6 Å².